The van der Waals surface area contributed by atoms with Crippen molar-refractivity contribution in [2.24, 2.45) is 0 Å². The van der Waals surface area contributed by atoms with E-state index >= 15 is 4.39 Å². The van der Waals surface area contributed by atoms with E-state index in [1.165, 1.54) is 0 Å². The average Bonchev–Trinajstić information content (AvgIpc) is 3.61. The number of halogens is 2. The molecule has 0 radical (unpaired) electrons. The van der Waals surface area contributed by atoms with E-state index in [-0.39, 0.29) is 29.4 Å². The Bertz CT molecular complexity index is 1660. The van der Waals surface area contributed by atoms with Crippen LogP contribution in [0.2, 0.25) is 0 Å². The van der Waals surface area contributed by atoms with Gasteiger partial charge in [0.15, 0.2) is 5.82 Å². The number of hydrogen-bond donors (Lipinski definition) is 2. The summed E-state index contributed by atoms with van der Waals surface area (Å²) in [6, 6.07) is 12.2. The van der Waals surface area contributed by atoms with E-state index in [1.54, 1.807) is 12.3 Å². The third-order valence-corrected chi connectivity index (χ3v) is 9.53. The molecule has 2 bridgehead atoms. The highest BCUT2D eigenvalue weighted by Crippen LogP contribution is 2.41. The molecule has 8 rings (SSSR count). The number of rotatable bonds is 5. The molecule has 4 aliphatic rings. The molecule has 41 heavy (non-hydrogen) atoms. The molecule has 0 saturated carbocycles. The van der Waals surface area contributed by atoms with Crippen LogP contribution in [0.25, 0.3) is 32.9 Å². The minimum Gasteiger partial charge on any atom is -0.461 e. The number of benzene rings is 2. The number of alkyl halides is 1. The fraction of sp³-hybridized carbons (Fsp3) is 0.452. The van der Waals surface area contributed by atoms with Gasteiger partial charge in [-0.15, -0.1) is 0 Å². The summed E-state index contributed by atoms with van der Waals surface area (Å²) in [4.78, 5) is 18.5. The normalized spacial score (nSPS) is 27.7. The Morgan fingerprint density at radius 1 is 1.07 bits per heavy atom. The summed E-state index contributed by atoms with van der Waals surface area (Å²) < 4.78 is 37.2. The van der Waals surface area contributed by atoms with Crippen LogP contribution in [0.15, 0.2) is 42.6 Å². The van der Waals surface area contributed by atoms with Crippen LogP contribution in [0, 0.1) is 5.82 Å². The maximum Gasteiger partial charge on any atom is 0.319 e. The highest BCUT2D eigenvalue weighted by atomic mass is 19.1. The molecule has 4 aromatic rings. The molecular weight excluding hydrogens is 524 g/mol. The second-order valence-corrected chi connectivity index (χ2v) is 12.2. The second kappa shape index (κ2) is 9.46. The Kier molecular flexibility index (Phi) is 5.79. The molecule has 10 heteroatoms. The fourth-order valence-corrected chi connectivity index (χ4v) is 7.66. The number of ether oxygens (including phenoxy) is 1. The largest absolute Gasteiger partial charge is 0.461 e. The van der Waals surface area contributed by atoms with Crippen LogP contribution in [0.1, 0.15) is 32.1 Å². The van der Waals surface area contributed by atoms with Crippen molar-refractivity contribution in [3.63, 3.8) is 0 Å². The Morgan fingerprint density at radius 3 is 2.76 bits per heavy atom. The molecule has 4 atom stereocenters. The van der Waals surface area contributed by atoms with Crippen molar-refractivity contribution in [1.29, 1.82) is 0 Å². The number of fused-ring (bicyclic) bond motifs is 5. The minimum atomic E-state index is -0.859. The molecule has 4 fully saturated rings. The van der Waals surface area contributed by atoms with Crippen LogP contribution in [-0.2, 0) is 0 Å². The maximum atomic E-state index is 16.6. The third kappa shape index (κ3) is 4.18. The van der Waals surface area contributed by atoms with Gasteiger partial charge < -0.3 is 20.7 Å². The lowest BCUT2D eigenvalue weighted by Gasteiger charge is -2.34. The first-order valence-corrected chi connectivity index (χ1v) is 14.6. The van der Waals surface area contributed by atoms with Crippen molar-refractivity contribution < 1.29 is 13.5 Å². The summed E-state index contributed by atoms with van der Waals surface area (Å²) in [6.07, 6.45) is 5.37. The predicted octanol–water partition coefficient (Wildman–Crippen LogP) is 4.46. The first kappa shape index (κ1) is 25.1. The van der Waals surface area contributed by atoms with Crippen LogP contribution >= 0.6 is 0 Å². The number of nitrogen functional groups attached to an aromatic ring is 1. The second-order valence-electron chi connectivity index (χ2n) is 12.2. The molecule has 2 aromatic carbocycles. The van der Waals surface area contributed by atoms with Gasteiger partial charge in [0, 0.05) is 55.6 Å². The zero-order chi connectivity index (χ0) is 27.7. The quantitative estimate of drug-likeness (QED) is 0.348. The number of anilines is 2. The number of nitrogens with one attached hydrogen (secondary N) is 1. The first-order chi connectivity index (χ1) is 20.0. The van der Waals surface area contributed by atoms with Crippen molar-refractivity contribution in [2.45, 2.75) is 55.9 Å². The number of piperazine rings is 1. The van der Waals surface area contributed by atoms with E-state index in [1.807, 2.05) is 30.3 Å². The van der Waals surface area contributed by atoms with Crippen LogP contribution < -0.4 is 20.7 Å². The molecule has 8 nitrogen and oxygen atoms in total. The van der Waals surface area contributed by atoms with Gasteiger partial charge in [-0.2, -0.15) is 9.97 Å². The zero-order valence-electron chi connectivity index (χ0n) is 22.8. The maximum absolute atomic E-state index is 16.6. The van der Waals surface area contributed by atoms with Crippen molar-refractivity contribution in [3.05, 3.63) is 48.4 Å². The van der Waals surface area contributed by atoms with Crippen LogP contribution in [0.4, 0.5) is 20.3 Å². The van der Waals surface area contributed by atoms with E-state index < -0.39 is 12.0 Å². The zero-order valence-corrected chi connectivity index (χ0v) is 22.8. The molecule has 3 N–H and O–H groups in total. The Labute approximate surface area is 236 Å². The number of pyridine rings is 1. The Hall–Kier alpha value is -3.63. The molecule has 0 amide bonds. The number of hydrogen-bond acceptors (Lipinski definition) is 8. The van der Waals surface area contributed by atoms with E-state index in [0.29, 0.717) is 47.5 Å². The number of nitrogens with two attached hydrogens (primary N) is 1. The van der Waals surface area contributed by atoms with Crippen molar-refractivity contribution in [2.75, 3.05) is 43.4 Å². The van der Waals surface area contributed by atoms with Gasteiger partial charge in [0.1, 0.15) is 29.8 Å². The van der Waals surface area contributed by atoms with Crippen LogP contribution in [-0.4, -0.2) is 76.4 Å². The van der Waals surface area contributed by atoms with E-state index in [0.717, 1.165) is 56.1 Å². The average molecular weight is 558 g/mol. The molecule has 0 aliphatic carbocycles. The summed E-state index contributed by atoms with van der Waals surface area (Å²) in [5.41, 5.74) is 7.37. The SMILES string of the molecule is Nc1cc(-c2ncc3c(N4C[C@H]5CC[C@@H](C4)N5)nc(OC[C@@]45CCCN4C[C@H](F)C5)nc3c2F)c2ccccc2c1. The predicted molar refractivity (Wildman–Crippen MR) is 155 cm³/mol. The summed E-state index contributed by atoms with van der Waals surface area (Å²) >= 11 is 0. The van der Waals surface area contributed by atoms with E-state index in [9.17, 15) is 4.39 Å². The molecule has 0 unspecified atom stereocenters. The van der Waals surface area contributed by atoms with Crippen LogP contribution in [0.3, 0.4) is 0 Å². The van der Waals surface area contributed by atoms with E-state index in [2.05, 4.69) is 25.1 Å². The van der Waals surface area contributed by atoms with Gasteiger partial charge in [-0.3, -0.25) is 9.88 Å². The summed E-state index contributed by atoms with van der Waals surface area (Å²) in [7, 11) is 0. The molecule has 2 aromatic heterocycles. The highest BCUT2D eigenvalue weighted by Gasteiger charge is 2.49. The van der Waals surface area contributed by atoms with Gasteiger partial charge in [-0.05, 0) is 55.1 Å². The molecule has 4 saturated heterocycles. The summed E-state index contributed by atoms with van der Waals surface area (Å²) in [6.45, 7) is 3.13. The van der Waals surface area contributed by atoms with Gasteiger partial charge in [0.05, 0.1) is 10.9 Å². The smallest absolute Gasteiger partial charge is 0.319 e. The van der Waals surface area contributed by atoms with Gasteiger partial charge in [-0.25, -0.2) is 8.78 Å². The van der Waals surface area contributed by atoms with Crippen molar-refractivity contribution in [3.8, 4) is 17.3 Å². The summed E-state index contributed by atoms with van der Waals surface area (Å²) in [5.74, 6) is 0.101. The first-order valence-electron chi connectivity index (χ1n) is 14.6. The van der Waals surface area contributed by atoms with Gasteiger partial charge in [0.25, 0.3) is 0 Å². The molecule has 212 valence electrons. The molecule has 0 spiro atoms. The van der Waals surface area contributed by atoms with Crippen molar-refractivity contribution >= 4 is 33.2 Å². The Balaban J connectivity index is 1.24. The monoisotopic (exact) mass is 557 g/mol. The van der Waals surface area contributed by atoms with Gasteiger partial charge >= 0.3 is 6.01 Å². The molecule has 6 heterocycles. The van der Waals surface area contributed by atoms with Gasteiger partial charge in [0.2, 0.25) is 0 Å². The molecular formula is C31H33F2N7O. The lowest BCUT2D eigenvalue weighted by molar-refractivity contribution is 0.107. The summed E-state index contributed by atoms with van der Waals surface area (Å²) in [5, 5.41) is 5.98. The van der Waals surface area contributed by atoms with Crippen molar-refractivity contribution in [1.82, 2.24) is 25.2 Å². The van der Waals surface area contributed by atoms with E-state index in [4.69, 9.17) is 15.5 Å². The Morgan fingerprint density at radius 2 is 1.90 bits per heavy atom. The fourth-order valence-electron chi connectivity index (χ4n) is 7.66. The lowest BCUT2D eigenvalue weighted by Crippen LogP contribution is -2.51. The van der Waals surface area contributed by atoms with Gasteiger partial charge in [-0.1, -0.05) is 24.3 Å². The molecule has 4 aliphatic heterocycles. The standard InChI is InChI=1S/C31H33F2N7O/c32-19-12-31(8-3-9-40(31)14-19)17-41-30-37-28-25(29(38-30)39-15-21-6-7-22(16-39)36-21)13-35-27(26(28)33)24-11-20(34)10-18-4-1-2-5-23(18)24/h1-2,4-5,10-11,13,19,21-22,36H,3,6-9,12,14-17,34H2/t19-,21-,22+,31+/m1/s1. The third-order valence-electron chi connectivity index (χ3n) is 9.53. The number of nitrogens with zero attached hydrogens (tertiary/aromatic N) is 5. The minimum absolute atomic E-state index is 0.121. The van der Waals surface area contributed by atoms with Crippen LogP contribution in [0.5, 0.6) is 6.01 Å². The topological polar surface area (TPSA) is 92.4 Å². The lowest BCUT2D eigenvalue weighted by atomic mass is 9.95. The number of aromatic nitrogens is 3. The highest BCUT2D eigenvalue weighted by molar-refractivity contribution is 6.00.